The van der Waals surface area contributed by atoms with Crippen molar-refractivity contribution < 1.29 is 23.5 Å². The zero-order chi connectivity index (χ0) is 14.0. The first-order valence-corrected chi connectivity index (χ1v) is 8.24. The minimum Gasteiger partial charge on any atom is -0.481 e. The van der Waals surface area contributed by atoms with Crippen LogP contribution in [0.5, 0.6) is 0 Å². The van der Waals surface area contributed by atoms with Gasteiger partial charge in [0.2, 0.25) is 0 Å². The van der Waals surface area contributed by atoms with E-state index in [9.17, 15) is 9.36 Å². The van der Waals surface area contributed by atoms with Gasteiger partial charge in [-0.15, -0.1) is 0 Å². The molecule has 0 saturated heterocycles. The molecule has 0 bridgehead atoms. The molecule has 0 radical (unpaired) electrons. The van der Waals surface area contributed by atoms with E-state index in [-0.39, 0.29) is 19.6 Å². The molecule has 0 aliphatic heterocycles. The smallest absolute Gasteiger partial charge is 0.344 e. The van der Waals surface area contributed by atoms with Crippen LogP contribution in [0.2, 0.25) is 0 Å². The summed E-state index contributed by atoms with van der Waals surface area (Å²) in [6.45, 7) is 6.21. The van der Waals surface area contributed by atoms with Crippen LogP contribution in [0.15, 0.2) is 0 Å². The van der Waals surface area contributed by atoms with Crippen molar-refractivity contribution in [1.29, 1.82) is 0 Å². The SMILES string of the molecule is CCCCOP(=O)(OCCCC)C(CC)C(=O)O. The van der Waals surface area contributed by atoms with E-state index in [0.717, 1.165) is 25.7 Å². The topological polar surface area (TPSA) is 72.8 Å². The van der Waals surface area contributed by atoms with Crippen molar-refractivity contribution in [2.75, 3.05) is 13.2 Å². The Balaban J connectivity index is 4.65. The third kappa shape index (κ3) is 5.98. The van der Waals surface area contributed by atoms with Crippen molar-refractivity contribution in [2.24, 2.45) is 0 Å². The lowest BCUT2D eigenvalue weighted by Crippen LogP contribution is -2.22. The van der Waals surface area contributed by atoms with E-state index in [1.54, 1.807) is 6.92 Å². The summed E-state index contributed by atoms with van der Waals surface area (Å²) in [6, 6.07) is 0. The summed E-state index contributed by atoms with van der Waals surface area (Å²) < 4.78 is 23.1. The number of hydrogen-bond acceptors (Lipinski definition) is 4. The Hall–Kier alpha value is -0.380. The maximum atomic E-state index is 12.5. The van der Waals surface area contributed by atoms with Crippen molar-refractivity contribution in [2.45, 2.75) is 58.5 Å². The Bertz CT molecular complexity index is 266. The molecule has 0 saturated carbocycles. The second-order valence-electron chi connectivity index (χ2n) is 4.18. The van der Waals surface area contributed by atoms with Crippen molar-refractivity contribution in [3.8, 4) is 0 Å². The predicted octanol–water partition coefficient (Wildman–Crippen LogP) is 3.68. The van der Waals surface area contributed by atoms with Gasteiger partial charge in [-0.25, -0.2) is 0 Å². The Morgan fingerprint density at radius 2 is 1.56 bits per heavy atom. The van der Waals surface area contributed by atoms with Crippen molar-refractivity contribution in [3.63, 3.8) is 0 Å². The molecule has 0 heterocycles. The number of unbranched alkanes of at least 4 members (excludes halogenated alkanes) is 2. The maximum absolute atomic E-state index is 12.5. The molecule has 0 fully saturated rings. The van der Waals surface area contributed by atoms with Crippen LogP contribution >= 0.6 is 7.60 Å². The molecule has 1 unspecified atom stereocenters. The maximum Gasteiger partial charge on any atom is 0.344 e. The van der Waals surface area contributed by atoms with E-state index in [0.29, 0.717) is 0 Å². The lowest BCUT2D eigenvalue weighted by Gasteiger charge is -2.23. The number of carbonyl (C=O) groups is 1. The van der Waals surface area contributed by atoms with Gasteiger partial charge in [-0.1, -0.05) is 33.6 Å². The van der Waals surface area contributed by atoms with Crippen LogP contribution in [0.3, 0.4) is 0 Å². The minimum absolute atomic E-state index is 0.241. The highest BCUT2D eigenvalue weighted by Gasteiger charge is 2.40. The van der Waals surface area contributed by atoms with Crippen LogP contribution in [-0.4, -0.2) is 29.9 Å². The standard InChI is InChI=1S/C12H25O5P/c1-4-7-9-16-18(15,17-10-8-5-2)11(6-3)12(13)14/h11H,4-10H2,1-3H3,(H,13,14). The Kier molecular flexibility index (Phi) is 9.34. The van der Waals surface area contributed by atoms with Gasteiger partial charge in [0.25, 0.3) is 0 Å². The van der Waals surface area contributed by atoms with Gasteiger partial charge < -0.3 is 14.2 Å². The summed E-state index contributed by atoms with van der Waals surface area (Å²) in [5.74, 6) is -1.12. The first kappa shape index (κ1) is 17.6. The molecule has 0 spiro atoms. The van der Waals surface area contributed by atoms with E-state index >= 15 is 0 Å². The van der Waals surface area contributed by atoms with Gasteiger partial charge in [-0.3, -0.25) is 9.36 Å². The second kappa shape index (κ2) is 9.54. The number of carboxylic acids is 1. The van der Waals surface area contributed by atoms with Crippen molar-refractivity contribution >= 4 is 13.6 Å². The van der Waals surface area contributed by atoms with Crippen LogP contribution < -0.4 is 0 Å². The summed E-state index contributed by atoms with van der Waals surface area (Å²) in [5, 5.41) is 9.09. The molecule has 0 amide bonds. The lowest BCUT2D eigenvalue weighted by molar-refractivity contribution is -0.137. The third-order valence-electron chi connectivity index (χ3n) is 2.59. The van der Waals surface area contributed by atoms with Gasteiger partial charge in [0.15, 0.2) is 5.66 Å². The molecule has 0 rings (SSSR count). The quantitative estimate of drug-likeness (QED) is 0.461. The van der Waals surface area contributed by atoms with Crippen LogP contribution in [0.25, 0.3) is 0 Å². The van der Waals surface area contributed by atoms with Gasteiger partial charge in [0.1, 0.15) is 0 Å². The summed E-state index contributed by atoms with van der Waals surface area (Å²) in [5.41, 5.74) is -1.06. The summed E-state index contributed by atoms with van der Waals surface area (Å²) in [6.07, 6.45) is 3.54. The van der Waals surface area contributed by atoms with Crippen LogP contribution in [0, 0.1) is 0 Å². The fourth-order valence-corrected chi connectivity index (χ4v) is 3.34. The number of carboxylic acid groups (broad SMARTS) is 1. The Morgan fingerprint density at radius 3 is 1.83 bits per heavy atom. The third-order valence-corrected chi connectivity index (χ3v) is 5.03. The van der Waals surface area contributed by atoms with Gasteiger partial charge in [0.05, 0.1) is 13.2 Å². The predicted molar refractivity (Wildman–Crippen MR) is 71.0 cm³/mol. The molecule has 0 aromatic rings. The fraction of sp³-hybridized carbons (Fsp3) is 0.917. The molecule has 0 aromatic carbocycles. The normalized spacial score (nSPS) is 13.5. The lowest BCUT2D eigenvalue weighted by atomic mass is 10.3. The van der Waals surface area contributed by atoms with Crippen molar-refractivity contribution in [1.82, 2.24) is 0 Å². The van der Waals surface area contributed by atoms with E-state index in [2.05, 4.69) is 0 Å². The largest absolute Gasteiger partial charge is 0.481 e. The molecule has 0 aliphatic rings. The molecule has 5 nitrogen and oxygen atoms in total. The fourth-order valence-electron chi connectivity index (χ4n) is 1.42. The zero-order valence-electron chi connectivity index (χ0n) is 11.6. The zero-order valence-corrected chi connectivity index (χ0v) is 12.4. The minimum atomic E-state index is -3.54. The Labute approximate surface area is 109 Å². The van der Waals surface area contributed by atoms with E-state index in [1.165, 1.54) is 0 Å². The molecule has 0 aromatic heterocycles. The average molecular weight is 280 g/mol. The highest BCUT2D eigenvalue weighted by atomic mass is 31.2. The van der Waals surface area contributed by atoms with Gasteiger partial charge in [-0.2, -0.15) is 0 Å². The summed E-state index contributed by atoms with van der Waals surface area (Å²) in [4.78, 5) is 11.1. The van der Waals surface area contributed by atoms with E-state index < -0.39 is 19.2 Å². The molecular formula is C12H25O5P. The molecule has 1 atom stereocenters. The highest BCUT2D eigenvalue weighted by Crippen LogP contribution is 2.54. The van der Waals surface area contributed by atoms with Crippen LogP contribution in [0.1, 0.15) is 52.9 Å². The van der Waals surface area contributed by atoms with Crippen LogP contribution in [0.4, 0.5) is 0 Å². The number of hydrogen-bond donors (Lipinski definition) is 1. The molecular weight excluding hydrogens is 255 g/mol. The molecule has 6 heteroatoms. The molecule has 0 aliphatic carbocycles. The van der Waals surface area contributed by atoms with Gasteiger partial charge >= 0.3 is 13.6 Å². The molecule has 18 heavy (non-hydrogen) atoms. The van der Waals surface area contributed by atoms with Crippen LogP contribution in [-0.2, 0) is 18.4 Å². The summed E-state index contributed by atoms with van der Waals surface area (Å²) >= 11 is 0. The second-order valence-corrected chi connectivity index (χ2v) is 6.40. The Morgan fingerprint density at radius 1 is 1.11 bits per heavy atom. The first-order chi connectivity index (χ1) is 8.51. The van der Waals surface area contributed by atoms with Gasteiger partial charge in [-0.05, 0) is 19.3 Å². The molecule has 1 N–H and O–H groups in total. The first-order valence-electron chi connectivity index (χ1n) is 6.63. The average Bonchev–Trinajstić information content (AvgIpc) is 2.30. The number of rotatable bonds is 11. The van der Waals surface area contributed by atoms with E-state index in [1.807, 2.05) is 13.8 Å². The highest BCUT2D eigenvalue weighted by molar-refractivity contribution is 7.55. The molecule has 108 valence electrons. The van der Waals surface area contributed by atoms with Gasteiger partial charge in [0, 0.05) is 0 Å². The summed E-state index contributed by atoms with van der Waals surface area (Å²) in [7, 11) is -3.54. The monoisotopic (exact) mass is 280 g/mol. The van der Waals surface area contributed by atoms with Crippen molar-refractivity contribution in [3.05, 3.63) is 0 Å². The van der Waals surface area contributed by atoms with E-state index in [4.69, 9.17) is 14.2 Å². The number of aliphatic carboxylic acids is 1.